The minimum Gasteiger partial charge on any atom is -0.748 e. The van der Waals surface area contributed by atoms with Crippen LogP contribution in [0.1, 0.15) is 110 Å². The van der Waals surface area contributed by atoms with Crippen LogP contribution < -0.4 is 29.6 Å². The third-order valence-corrected chi connectivity index (χ3v) is 6.01. The van der Waals surface area contributed by atoms with Crippen LogP contribution in [-0.2, 0) is 10.1 Å². The van der Waals surface area contributed by atoms with Crippen LogP contribution in [0.3, 0.4) is 0 Å². The minimum absolute atomic E-state index is 0. The molecule has 146 valence electrons. The van der Waals surface area contributed by atoms with Gasteiger partial charge in [0.2, 0.25) is 0 Å². The van der Waals surface area contributed by atoms with E-state index >= 15 is 0 Å². The molecular weight excluding hydrogens is 347 g/mol. The second-order valence-corrected chi connectivity index (χ2v) is 8.76. The average molecular weight is 387 g/mol. The van der Waals surface area contributed by atoms with Gasteiger partial charge in [-0.05, 0) is 25.7 Å². The van der Waals surface area contributed by atoms with Crippen molar-refractivity contribution < 1.29 is 47.6 Å². The van der Waals surface area contributed by atoms with E-state index in [9.17, 15) is 18.1 Å². The van der Waals surface area contributed by atoms with Crippen molar-refractivity contribution in [2.75, 3.05) is 0 Å². The Bertz CT molecular complexity index is 374. The second-order valence-electron chi connectivity index (χ2n) is 7.11. The van der Waals surface area contributed by atoms with E-state index in [-0.39, 0.29) is 35.7 Å². The van der Waals surface area contributed by atoms with Crippen LogP contribution in [0.5, 0.6) is 0 Å². The first-order chi connectivity index (χ1) is 11.4. The topological polar surface area (TPSA) is 77.4 Å². The standard InChI is InChI=1S/C19H40O4S.Na/c1-3-5-6-7-8-9-11-15-18(20)16-12-10-13-17-19(14-4-2)24(21,22)23;/h18-20H,3-17H2,1-2H3,(H,21,22,23);/q;+1/p-1. The molecule has 0 aliphatic rings. The monoisotopic (exact) mass is 386 g/mol. The molecular formula is C19H39NaO4S. The zero-order chi connectivity index (χ0) is 18.3. The molecule has 0 aromatic heterocycles. The summed E-state index contributed by atoms with van der Waals surface area (Å²) in [7, 11) is -4.15. The van der Waals surface area contributed by atoms with E-state index in [0.29, 0.717) is 12.8 Å². The number of aliphatic hydroxyl groups excluding tert-OH is 1. The van der Waals surface area contributed by atoms with Gasteiger partial charge in [-0.15, -0.1) is 0 Å². The zero-order valence-electron chi connectivity index (χ0n) is 16.8. The van der Waals surface area contributed by atoms with Crippen molar-refractivity contribution in [3.05, 3.63) is 0 Å². The van der Waals surface area contributed by atoms with E-state index in [1.165, 1.54) is 38.5 Å². The van der Waals surface area contributed by atoms with Crippen molar-refractivity contribution in [3.8, 4) is 0 Å². The van der Waals surface area contributed by atoms with Crippen molar-refractivity contribution in [3.63, 3.8) is 0 Å². The number of aliphatic hydroxyl groups is 1. The van der Waals surface area contributed by atoms with Crippen molar-refractivity contribution >= 4 is 10.1 Å². The van der Waals surface area contributed by atoms with E-state index in [4.69, 9.17) is 0 Å². The molecule has 0 aliphatic carbocycles. The normalized spacial score (nSPS) is 14.1. The van der Waals surface area contributed by atoms with Gasteiger partial charge in [0, 0.05) is 5.25 Å². The Labute approximate surface area is 178 Å². The maximum Gasteiger partial charge on any atom is 1.00 e. The first-order valence-electron chi connectivity index (χ1n) is 10.0. The van der Waals surface area contributed by atoms with Crippen LogP contribution in [0.15, 0.2) is 0 Å². The number of rotatable bonds is 17. The summed E-state index contributed by atoms with van der Waals surface area (Å²) in [6, 6.07) is 0. The maximum absolute atomic E-state index is 11.1. The van der Waals surface area contributed by atoms with Gasteiger partial charge < -0.3 is 9.66 Å². The van der Waals surface area contributed by atoms with Gasteiger partial charge in [0.25, 0.3) is 0 Å². The zero-order valence-corrected chi connectivity index (χ0v) is 19.7. The van der Waals surface area contributed by atoms with E-state index < -0.39 is 15.4 Å². The molecule has 2 atom stereocenters. The van der Waals surface area contributed by atoms with Gasteiger partial charge in [0.15, 0.2) is 0 Å². The summed E-state index contributed by atoms with van der Waals surface area (Å²) in [5, 5.41) is 9.24. The fourth-order valence-corrected chi connectivity index (χ4v) is 4.14. The first-order valence-corrected chi connectivity index (χ1v) is 11.5. The van der Waals surface area contributed by atoms with Crippen LogP contribution in [-0.4, -0.2) is 29.4 Å². The Kier molecular flexibility index (Phi) is 20.5. The molecule has 0 aromatic carbocycles. The van der Waals surface area contributed by atoms with Gasteiger partial charge in [-0.3, -0.25) is 0 Å². The molecule has 0 heterocycles. The predicted molar refractivity (Wildman–Crippen MR) is 100 cm³/mol. The SMILES string of the molecule is CCCCCCCCCC(O)CCCCCC(CCC)S(=O)(=O)[O-].[Na+]. The molecule has 0 radical (unpaired) electrons. The Balaban J connectivity index is 0. The molecule has 0 rings (SSSR count). The van der Waals surface area contributed by atoms with E-state index in [1.54, 1.807) is 0 Å². The Morgan fingerprint density at radius 2 is 1.16 bits per heavy atom. The Morgan fingerprint density at radius 1 is 0.720 bits per heavy atom. The molecule has 0 spiro atoms. The first kappa shape index (κ1) is 28.1. The van der Waals surface area contributed by atoms with Crippen molar-refractivity contribution in [2.45, 2.75) is 122 Å². The number of hydrogen-bond acceptors (Lipinski definition) is 4. The Morgan fingerprint density at radius 3 is 1.64 bits per heavy atom. The van der Waals surface area contributed by atoms with Gasteiger partial charge in [0.05, 0.1) is 16.2 Å². The minimum atomic E-state index is -4.15. The third kappa shape index (κ3) is 18.0. The average Bonchev–Trinajstić information content (AvgIpc) is 2.51. The van der Waals surface area contributed by atoms with Gasteiger partial charge in [-0.2, -0.15) is 0 Å². The molecule has 4 nitrogen and oxygen atoms in total. The Hall–Kier alpha value is 0.870. The molecule has 0 aliphatic heterocycles. The third-order valence-electron chi connectivity index (χ3n) is 4.72. The second kappa shape index (κ2) is 18.2. The van der Waals surface area contributed by atoms with Gasteiger partial charge in [0.1, 0.15) is 0 Å². The molecule has 0 bridgehead atoms. The smallest absolute Gasteiger partial charge is 0.748 e. The van der Waals surface area contributed by atoms with Gasteiger partial charge in [-0.25, -0.2) is 8.42 Å². The molecule has 25 heavy (non-hydrogen) atoms. The quantitative estimate of drug-likeness (QED) is 0.236. The molecule has 0 saturated heterocycles. The molecule has 0 aromatic rings. The number of hydrogen-bond donors (Lipinski definition) is 1. The largest absolute Gasteiger partial charge is 1.00 e. The molecule has 0 amide bonds. The molecule has 0 fully saturated rings. The molecule has 0 saturated carbocycles. The van der Waals surface area contributed by atoms with Crippen LogP contribution in [0.4, 0.5) is 0 Å². The summed E-state index contributed by atoms with van der Waals surface area (Å²) < 4.78 is 33.4. The van der Waals surface area contributed by atoms with Gasteiger partial charge >= 0.3 is 29.6 Å². The van der Waals surface area contributed by atoms with Gasteiger partial charge in [-0.1, -0.05) is 84.5 Å². The van der Waals surface area contributed by atoms with E-state index in [0.717, 1.165) is 44.9 Å². The molecule has 2 unspecified atom stereocenters. The van der Waals surface area contributed by atoms with E-state index in [1.807, 2.05) is 6.92 Å². The van der Waals surface area contributed by atoms with Crippen LogP contribution in [0, 0.1) is 0 Å². The maximum atomic E-state index is 11.1. The fraction of sp³-hybridized carbons (Fsp3) is 1.00. The number of unbranched alkanes of at least 4 members (excludes halogenated alkanes) is 8. The van der Waals surface area contributed by atoms with Crippen LogP contribution in [0.2, 0.25) is 0 Å². The van der Waals surface area contributed by atoms with Crippen molar-refractivity contribution in [1.82, 2.24) is 0 Å². The fourth-order valence-electron chi connectivity index (χ4n) is 3.17. The van der Waals surface area contributed by atoms with Crippen molar-refractivity contribution in [2.24, 2.45) is 0 Å². The molecule has 6 heteroatoms. The summed E-state index contributed by atoms with van der Waals surface area (Å²) in [5.74, 6) is 0. The summed E-state index contributed by atoms with van der Waals surface area (Å²) >= 11 is 0. The van der Waals surface area contributed by atoms with Crippen LogP contribution in [0.25, 0.3) is 0 Å². The summed E-state index contributed by atoms with van der Waals surface area (Å²) in [6.45, 7) is 4.12. The summed E-state index contributed by atoms with van der Waals surface area (Å²) in [4.78, 5) is 0. The molecule has 1 N–H and O–H groups in total. The van der Waals surface area contributed by atoms with Crippen LogP contribution >= 0.6 is 0 Å². The summed E-state index contributed by atoms with van der Waals surface area (Å²) in [5.41, 5.74) is 0. The van der Waals surface area contributed by atoms with E-state index in [2.05, 4.69) is 6.92 Å². The summed E-state index contributed by atoms with van der Waals surface area (Å²) in [6.07, 6.45) is 14.5. The predicted octanol–water partition coefficient (Wildman–Crippen LogP) is 2.16. The van der Waals surface area contributed by atoms with Crippen molar-refractivity contribution in [1.29, 1.82) is 0 Å².